The molecule has 56 valence electrons. The minimum Gasteiger partial charge on any atom is -0.388 e. The van der Waals surface area contributed by atoms with E-state index in [0.29, 0.717) is 0 Å². The van der Waals surface area contributed by atoms with Crippen molar-refractivity contribution in [2.75, 3.05) is 13.2 Å². The van der Waals surface area contributed by atoms with Gasteiger partial charge < -0.3 is 13.5 Å². The maximum Gasteiger partial charge on any atom is 0.103 e. The molecular weight excluding hydrogens is 180 g/mol. The standard InChI is InChI=1S/C3H8O3S3/c4-3(1-5-7)2-6-9-8/h3-4,7-8H,1-2H2. The first-order valence-corrected chi connectivity index (χ1v) is 4.34. The van der Waals surface area contributed by atoms with Crippen molar-refractivity contribution in [2.24, 2.45) is 0 Å². The average Bonchev–Trinajstić information content (AvgIpc) is 1.85. The first-order chi connectivity index (χ1) is 4.31. The zero-order valence-electron chi connectivity index (χ0n) is 4.56. The molecule has 0 radical (unpaired) electrons. The Bertz CT molecular complexity index is 62.3. The van der Waals surface area contributed by atoms with Gasteiger partial charge in [-0.1, -0.05) is 11.7 Å². The molecule has 0 saturated heterocycles. The van der Waals surface area contributed by atoms with Crippen LogP contribution >= 0.6 is 35.6 Å². The highest BCUT2D eigenvalue weighted by atomic mass is 33.1. The van der Waals surface area contributed by atoms with Gasteiger partial charge in [0.2, 0.25) is 0 Å². The summed E-state index contributed by atoms with van der Waals surface area (Å²) in [5, 5.41) is 8.83. The van der Waals surface area contributed by atoms with Crippen molar-refractivity contribution in [1.29, 1.82) is 0 Å². The lowest BCUT2D eigenvalue weighted by molar-refractivity contribution is 0.0795. The van der Waals surface area contributed by atoms with E-state index in [1.54, 1.807) is 0 Å². The van der Waals surface area contributed by atoms with Gasteiger partial charge in [0.05, 0.1) is 24.3 Å². The number of hydrogen-bond donors (Lipinski definition) is 3. The summed E-state index contributed by atoms with van der Waals surface area (Å²) in [7, 11) is 0. The van der Waals surface area contributed by atoms with E-state index in [-0.39, 0.29) is 13.2 Å². The first-order valence-electron chi connectivity index (χ1n) is 2.18. The molecule has 3 nitrogen and oxygen atoms in total. The molecule has 0 spiro atoms. The minimum absolute atomic E-state index is 0.164. The molecule has 0 aliphatic heterocycles. The molecule has 1 atom stereocenters. The van der Waals surface area contributed by atoms with Gasteiger partial charge >= 0.3 is 0 Å². The largest absolute Gasteiger partial charge is 0.388 e. The fourth-order valence-electron chi connectivity index (χ4n) is 0.243. The van der Waals surface area contributed by atoms with Crippen LogP contribution in [0, 0.1) is 0 Å². The molecule has 0 aliphatic carbocycles. The SMILES string of the molecule is OC(COS)COSS. The highest BCUT2D eigenvalue weighted by molar-refractivity contribution is 8.66. The van der Waals surface area contributed by atoms with Crippen molar-refractivity contribution in [1.82, 2.24) is 0 Å². The number of aliphatic hydroxyl groups is 1. The second-order valence-electron chi connectivity index (χ2n) is 1.31. The van der Waals surface area contributed by atoms with Gasteiger partial charge in [-0.3, -0.25) is 0 Å². The minimum atomic E-state index is -0.623. The normalized spacial score (nSPS) is 13.7. The van der Waals surface area contributed by atoms with Gasteiger partial charge in [0, 0.05) is 0 Å². The molecule has 1 N–H and O–H groups in total. The van der Waals surface area contributed by atoms with Crippen LogP contribution in [0.2, 0.25) is 0 Å². The summed E-state index contributed by atoms with van der Waals surface area (Å²) < 4.78 is 9.00. The van der Waals surface area contributed by atoms with Gasteiger partial charge in [0.1, 0.15) is 6.10 Å². The number of aliphatic hydroxyl groups excluding tert-OH is 1. The monoisotopic (exact) mass is 188 g/mol. The van der Waals surface area contributed by atoms with Gasteiger partial charge in [0.15, 0.2) is 0 Å². The maximum atomic E-state index is 8.83. The van der Waals surface area contributed by atoms with E-state index in [4.69, 9.17) is 5.11 Å². The van der Waals surface area contributed by atoms with Crippen LogP contribution in [0.15, 0.2) is 0 Å². The lowest BCUT2D eigenvalue weighted by Crippen LogP contribution is -2.17. The molecule has 0 aliphatic rings. The third-order valence-corrected chi connectivity index (χ3v) is 1.29. The van der Waals surface area contributed by atoms with E-state index in [1.165, 1.54) is 0 Å². The summed E-state index contributed by atoms with van der Waals surface area (Å²) in [5.41, 5.74) is 0. The van der Waals surface area contributed by atoms with Crippen LogP contribution in [0.3, 0.4) is 0 Å². The Morgan fingerprint density at radius 2 is 2.22 bits per heavy atom. The van der Waals surface area contributed by atoms with Crippen molar-refractivity contribution >= 4 is 35.6 Å². The van der Waals surface area contributed by atoms with Gasteiger partial charge in [-0.15, -0.1) is 0 Å². The Balaban J connectivity index is 2.95. The van der Waals surface area contributed by atoms with E-state index in [0.717, 1.165) is 11.1 Å². The summed E-state index contributed by atoms with van der Waals surface area (Å²) >= 11 is 8.04. The average molecular weight is 188 g/mol. The van der Waals surface area contributed by atoms with Crippen LogP contribution < -0.4 is 0 Å². The van der Waals surface area contributed by atoms with E-state index < -0.39 is 6.10 Å². The van der Waals surface area contributed by atoms with E-state index in [2.05, 4.69) is 32.9 Å². The summed E-state index contributed by atoms with van der Waals surface area (Å²) in [6.07, 6.45) is -0.623. The van der Waals surface area contributed by atoms with E-state index in [9.17, 15) is 0 Å². The van der Waals surface area contributed by atoms with Crippen LogP contribution in [0.25, 0.3) is 0 Å². The van der Waals surface area contributed by atoms with Crippen LogP contribution in [0.1, 0.15) is 0 Å². The predicted molar refractivity (Wildman–Crippen MR) is 43.5 cm³/mol. The highest BCUT2D eigenvalue weighted by Crippen LogP contribution is 2.06. The summed E-state index contributed by atoms with van der Waals surface area (Å²) in [5.74, 6) is 0. The predicted octanol–water partition coefficient (Wildman–Crippen LogP) is 0.718. The fraction of sp³-hybridized carbons (Fsp3) is 1.00. The van der Waals surface area contributed by atoms with Crippen LogP contribution in [-0.4, -0.2) is 24.4 Å². The molecule has 0 saturated carbocycles. The molecule has 0 aromatic rings. The lowest BCUT2D eigenvalue weighted by atomic mass is 10.4. The van der Waals surface area contributed by atoms with Crippen molar-refractivity contribution in [3.63, 3.8) is 0 Å². The number of rotatable bonds is 5. The quantitative estimate of drug-likeness (QED) is 0.338. The Hall–Kier alpha value is 0.930. The third-order valence-electron chi connectivity index (χ3n) is 0.580. The van der Waals surface area contributed by atoms with Gasteiger partial charge in [0.25, 0.3) is 0 Å². The van der Waals surface area contributed by atoms with Gasteiger partial charge in [-0.25, -0.2) is 0 Å². The lowest BCUT2D eigenvalue weighted by Gasteiger charge is -2.05. The molecule has 0 rings (SSSR count). The molecule has 0 aromatic carbocycles. The summed E-state index contributed by atoms with van der Waals surface area (Å²) in [6, 6.07) is 0. The second kappa shape index (κ2) is 7.04. The number of hydrogen-bond acceptors (Lipinski definition) is 6. The van der Waals surface area contributed by atoms with Crippen molar-refractivity contribution in [2.45, 2.75) is 6.10 Å². The van der Waals surface area contributed by atoms with Crippen molar-refractivity contribution in [3.8, 4) is 0 Å². The molecule has 0 heterocycles. The molecule has 9 heavy (non-hydrogen) atoms. The third kappa shape index (κ3) is 6.82. The second-order valence-corrected chi connectivity index (χ2v) is 2.40. The van der Waals surface area contributed by atoms with Crippen LogP contribution in [0.5, 0.6) is 0 Å². The zero-order chi connectivity index (χ0) is 7.11. The van der Waals surface area contributed by atoms with Crippen molar-refractivity contribution in [3.05, 3.63) is 0 Å². The van der Waals surface area contributed by atoms with Crippen LogP contribution in [0.4, 0.5) is 0 Å². The molecule has 0 amide bonds. The molecule has 6 heteroatoms. The van der Waals surface area contributed by atoms with Crippen molar-refractivity contribution < 1.29 is 13.5 Å². The van der Waals surface area contributed by atoms with E-state index >= 15 is 0 Å². The highest BCUT2D eigenvalue weighted by Gasteiger charge is 2.01. The van der Waals surface area contributed by atoms with Gasteiger partial charge in [-0.2, -0.15) is 0 Å². The van der Waals surface area contributed by atoms with Gasteiger partial charge in [-0.05, 0) is 12.9 Å². The smallest absolute Gasteiger partial charge is 0.103 e. The molecular formula is C3H8O3S3. The Labute approximate surface area is 68.7 Å². The summed E-state index contributed by atoms with van der Waals surface area (Å²) in [4.78, 5) is 0. The summed E-state index contributed by atoms with van der Waals surface area (Å²) in [6.45, 7) is 0.367. The molecule has 0 fully saturated rings. The Morgan fingerprint density at radius 3 is 2.67 bits per heavy atom. The zero-order valence-corrected chi connectivity index (χ0v) is 7.16. The Morgan fingerprint density at radius 1 is 1.56 bits per heavy atom. The maximum absolute atomic E-state index is 8.83. The first kappa shape index (κ1) is 9.93. The fourth-order valence-corrected chi connectivity index (χ4v) is 0.816. The topological polar surface area (TPSA) is 38.7 Å². The molecule has 0 bridgehead atoms. The van der Waals surface area contributed by atoms with Crippen LogP contribution in [-0.2, 0) is 8.37 Å². The molecule has 0 aromatic heterocycles. The van der Waals surface area contributed by atoms with E-state index in [1.807, 2.05) is 0 Å². The Kier molecular flexibility index (Phi) is 7.77. The molecule has 1 unspecified atom stereocenters. The number of thiol groups is 2.